The minimum atomic E-state index is -5.08. The molecule has 2 fully saturated rings. The lowest BCUT2D eigenvalue weighted by Crippen LogP contribution is -2.48. The van der Waals surface area contributed by atoms with Crippen molar-refractivity contribution in [3.63, 3.8) is 0 Å². The second-order valence-electron chi connectivity index (χ2n) is 19.4. The van der Waals surface area contributed by atoms with Crippen LogP contribution in [-0.4, -0.2) is 76.2 Å². The van der Waals surface area contributed by atoms with Gasteiger partial charge < -0.3 is 24.5 Å². The molecule has 2 spiro atoms. The molecule has 5 heterocycles. The van der Waals surface area contributed by atoms with E-state index in [-0.39, 0.29) is 52.1 Å². The number of aromatic nitrogens is 2. The molecule has 2 aromatic heterocycles. The predicted octanol–water partition coefficient (Wildman–Crippen LogP) is 14.9. The third kappa shape index (κ3) is 13.5. The van der Waals surface area contributed by atoms with Crippen LogP contribution >= 0.6 is 46.7 Å². The van der Waals surface area contributed by atoms with Crippen molar-refractivity contribution in [2.24, 2.45) is 0 Å². The van der Waals surface area contributed by atoms with Gasteiger partial charge in [0.05, 0.1) is 0 Å². The number of carboxylic acids is 1. The van der Waals surface area contributed by atoms with E-state index in [0.29, 0.717) is 55.3 Å². The van der Waals surface area contributed by atoms with E-state index < -0.39 is 12.1 Å². The van der Waals surface area contributed by atoms with Gasteiger partial charge >= 0.3 is 18.2 Å². The molecule has 3 aliphatic heterocycles. The molecule has 0 radical (unpaired) electrons. The number of alkyl halides is 3. The average molecular weight is 1160 g/mol. The second kappa shape index (κ2) is 24.6. The zero-order valence-corrected chi connectivity index (χ0v) is 45.3. The fourth-order valence-electron chi connectivity index (χ4n) is 10.5. The largest absolute Gasteiger partial charge is 0.490 e. The van der Waals surface area contributed by atoms with Crippen LogP contribution in [0.3, 0.4) is 0 Å². The van der Waals surface area contributed by atoms with Crippen molar-refractivity contribution in [3.8, 4) is 0 Å². The summed E-state index contributed by atoms with van der Waals surface area (Å²) in [7, 11) is 0. The van der Waals surface area contributed by atoms with Crippen LogP contribution in [0.2, 0.25) is 10.3 Å². The van der Waals surface area contributed by atoms with Crippen molar-refractivity contribution in [1.29, 1.82) is 0 Å². The first kappa shape index (κ1) is 56.7. The number of aliphatic carboxylic acids is 1. The summed E-state index contributed by atoms with van der Waals surface area (Å²) in [6, 6.07) is 41.7. The number of ether oxygens (including phenoxy) is 1. The number of halogens is 7. The van der Waals surface area contributed by atoms with Gasteiger partial charge in [-0.15, -0.1) is 0 Å². The van der Waals surface area contributed by atoms with Crippen molar-refractivity contribution in [2.75, 3.05) is 36.0 Å². The maximum atomic E-state index is 13.7. The van der Waals surface area contributed by atoms with E-state index in [0.717, 1.165) is 54.9 Å². The summed E-state index contributed by atoms with van der Waals surface area (Å²) in [5.74, 6) is -3.44. The highest BCUT2D eigenvalue weighted by Gasteiger charge is 2.48. The Labute approximate surface area is 471 Å². The molecule has 7 aromatic rings. The number of carbonyl (C=O) groups is 4. The number of carbonyl (C=O) groups excluding carboxylic acids is 3. The Morgan fingerprint density at radius 2 is 1.01 bits per heavy atom. The zero-order valence-electron chi connectivity index (χ0n) is 42.1. The molecular weight excluding hydrogens is 1100 g/mol. The number of fused-ring (bicyclic) bond motifs is 4. The highest BCUT2D eigenvalue weighted by atomic mass is 35.5. The number of hydrogen-bond acceptors (Lipinski definition) is 9. The average Bonchev–Trinajstić information content (AvgIpc) is 4.14. The first-order valence-electron chi connectivity index (χ1n) is 25.2. The Balaban J connectivity index is 0.000000176. The van der Waals surface area contributed by atoms with Crippen LogP contribution in [0.1, 0.15) is 82.4 Å². The van der Waals surface area contributed by atoms with Crippen molar-refractivity contribution >= 4 is 82.0 Å². The van der Waals surface area contributed by atoms with Crippen molar-refractivity contribution < 1.29 is 51.0 Å². The third-order valence-corrected chi connectivity index (χ3v) is 16.8. The number of piperidine rings is 1. The summed E-state index contributed by atoms with van der Waals surface area (Å²) < 4.78 is 64.0. The molecule has 0 bridgehead atoms. The van der Waals surface area contributed by atoms with Crippen LogP contribution in [0.4, 0.5) is 38.1 Å². The first-order chi connectivity index (χ1) is 37.9. The molecule has 11 nitrogen and oxygen atoms in total. The maximum Gasteiger partial charge on any atom is 0.490 e. The molecule has 3 amide bonds. The Hall–Kier alpha value is -6.99. The standard InChI is InChI=1S/C32H27ClFN3O3S.C25H22ClFN2OS.C2HF3O2/c33-29-18-23(12-15-35-29)30(38)37-21-32(13-16-36(17-14-32)31(39)40-20-22-4-2-1-3-5-22)27-19-26(10-11-28(27)37)41-25-8-6-24(34)7-9-25;26-23-14-17(10-13-28-23)24(30)29-16-25(11-2-1-3-12-25)21-15-20(8-9-22(21)29)31-19-6-4-18(27)5-7-19;3-2(4,5)1(6)7/h1-12,15,18-19H,13-14,16-17,20-21H2;4-10,13-15H,1-3,11-12,16H2;(H,6,7). The van der Waals surface area contributed by atoms with Gasteiger partial charge in [0.1, 0.15) is 28.5 Å². The van der Waals surface area contributed by atoms with Gasteiger partial charge in [0.15, 0.2) is 0 Å². The fraction of sp³-hybridized carbons (Fsp3) is 0.254. The minimum absolute atomic E-state index is 0.000561. The third-order valence-electron chi connectivity index (χ3n) is 14.4. The number of rotatable bonds is 8. The fourth-order valence-corrected chi connectivity index (χ4v) is 12.5. The number of carboxylic acid groups (broad SMARTS) is 1. The predicted molar refractivity (Wildman–Crippen MR) is 293 cm³/mol. The number of likely N-dealkylation sites (tertiary alicyclic amines) is 1. The maximum absolute atomic E-state index is 13.7. The van der Waals surface area contributed by atoms with E-state index in [1.165, 1.54) is 55.3 Å². The zero-order chi connectivity index (χ0) is 55.9. The van der Waals surface area contributed by atoms with Gasteiger partial charge in [0.2, 0.25) is 0 Å². The Bertz CT molecular complexity index is 3350. The van der Waals surface area contributed by atoms with Gasteiger partial charge in [-0.1, -0.05) is 96.3 Å². The van der Waals surface area contributed by atoms with Crippen LogP contribution in [0, 0.1) is 11.6 Å². The lowest BCUT2D eigenvalue weighted by molar-refractivity contribution is -0.192. The van der Waals surface area contributed by atoms with Crippen LogP contribution in [-0.2, 0) is 27.0 Å². The van der Waals surface area contributed by atoms with Gasteiger partial charge in [0, 0.05) is 91.5 Å². The van der Waals surface area contributed by atoms with Crippen LogP contribution in [0.5, 0.6) is 0 Å². The Kier molecular flexibility index (Phi) is 17.6. The van der Waals surface area contributed by atoms with Crippen LogP contribution in [0.25, 0.3) is 0 Å². The summed E-state index contributed by atoms with van der Waals surface area (Å²) in [4.78, 5) is 66.4. The van der Waals surface area contributed by atoms with Crippen molar-refractivity contribution in [1.82, 2.24) is 14.9 Å². The summed E-state index contributed by atoms with van der Waals surface area (Å²) >= 11 is 15.3. The van der Waals surface area contributed by atoms with E-state index in [1.54, 1.807) is 83.2 Å². The quantitative estimate of drug-likeness (QED) is 0.116. The van der Waals surface area contributed by atoms with Crippen LogP contribution < -0.4 is 9.80 Å². The lowest BCUT2D eigenvalue weighted by Gasteiger charge is -2.39. The smallest absolute Gasteiger partial charge is 0.475 e. The highest BCUT2D eigenvalue weighted by Crippen LogP contribution is 2.52. The summed E-state index contributed by atoms with van der Waals surface area (Å²) in [6.45, 7) is 2.46. The SMILES string of the molecule is O=C(O)C(F)(F)F.O=C(OCc1ccccc1)N1CCC2(CC1)CN(C(=O)c1ccnc(Cl)c1)c1ccc(Sc3ccc(F)cc3)cc12.O=C(c1ccnc(Cl)c1)N1CC2(CCCCC2)c2cc(Sc3ccc(F)cc3)ccc21. The van der Waals surface area contributed by atoms with Gasteiger partial charge in [-0.05, 0) is 152 Å². The van der Waals surface area contributed by atoms with E-state index in [2.05, 4.69) is 34.2 Å². The van der Waals surface area contributed by atoms with Gasteiger partial charge in [-0.25, -0.2) is 28.3 Å². The van der Waals surface area contributed by atoms with Gasteiger partial charge in [-0.3, -0.25) is 9.59 Å². The summed E-state index contributed by atoms with van der Waals surface area (Å²) in [5.41, 5.74) is 5.83. The molecule has 4 aliphatic rings. The van der Waals surface area contributed by atoms with Gasteiger partial charge in [-0.2, -0.15) is 13.2 Å². The monoisotopic (exact) mass is 1150 g/mol. The normalized spacial score (nSPS) is 15.8. The molecule has 0 atom stereocenters. The number of pyridine rings is 2. The van der Waals surface area contributed by atoms with E-state index >= 15 is 0 Å². The van der Waals surface area contributed by atoms with Crippen molar-refractivity contribution in [3.05, 3.63) is 202 Å². The molecule has 1 aliphatic carbocycles. The molecule has 1 saturated heterocycles. The number of nitrogens with zero attached hydrogens (tertiary/aromatic N) is 5. The molecule has 11 rings (SSSR count). The molecule has 408 valence electrons. The van der Waals surface area contributed by atoms with E-state index in [1.807, 2.05) is 52.3 Å². The molecule has 1 N–H and O–H groups in total. The van der Waals surface area contributed by atoms with E-state index in [9.17, 15) is 36.3 Å². The van der Waals surface area contributed by atoms with E-state index in [4.69, 9.17) is 37.8 Å². The first-order valence-corrected chi connectivity index (χ1v) is 27.6. The van der Waals surface area contributed by atoms with Gasteiger partial charge in [0.25, 0.3) is 11.8 Å². The Morgan fingerprint density at radius 3 is 1.44 bits per heavy atom. The molecular formula is C59H50Cl2F5N5O6S2. The number of amides is 3. The number of hydrogen-bond donors (Lipinski definition) is 1. The summed E-state index contributed by atoms with van der Waals surface area (Å²) in [6.07, 6.45) is 4.84. The molecule has 79 heavy (non-hydrogen) atoms. The molecule has 1 saturated carbocycles. The molecule has 20 heteroatoms. The number of anilines is 2. The minimum Gasteiger partial charge on any atom is -0.475 e. The topological polar surface area (TPSA) is 133 Å². The molecule has 0 unspecified atom stereocenters. The molecule has 5 aromatic carbocycles. The van der Waals surface area contributed by atoms with Crippen molar-refractivity contribution in [2.45, 2.75) is 88.1 Å². The Morgan fingerprint density at radius 1 is 0.582 bits per heavy atom. The number of benzene rings is 5. The lowest BCUT2D eigenvalue weighted by atomic mass is 9.71. The highest BCUT2D eigenvalue weighted by molar-refractivity contribution is 7.99. The van der Waals surface area contributed by atoms with Crippen LogP contribution in [0.15, 0.2) is 172 Å². The summed E-state index contributed by atoms with van der Waals surface area (Å²) in [5, 5.41) is 7.71. The second-order valence-corrected chi connectivity index (χ2v) is 22.5.